The van der Waals surface area contributed by atoms with Gasteiger partial charge in [-0.05, 0) is 32.1 Å². The molecule has 0 aliphatic carbocycles. The average molecular weight is 310 g/mol. The molecule has 1 unspecified atom stereocenters. The van der Waals surface area contributed by atoms with E-state index in [1.165, 1.54) is 0 Å². The number of rotatable bonds is 14. The normalized spacial score (nSPS) is 13.0. The first-order chi connectivity index (χ1) is 10.6. The van der Waals surface area contributed by atoms with Crippen LogP contribution in [0.5, 0.6) is 0 Å². The molecule has 22 heavy (non-hydrogen) atoms. The fourth-order valence-corrected chi connectivity index (χ4v) is 2.06. The Morgan fingerprint density at radius 3 is 2.27 bits per heavy atom. The van der Waals surface area contributed by atoms with Crippen molar-refractivity contribution < 1.29 is 19.8 Å². The molecule has 126 valence electrons. The fourth-order valence-electron chi connectivity index (χ4n) is 2.06. The van der Waals surface area contributed by atoms with Gasteiger partial charge in [0.1, 0.15) is 6.10 Å². The Hall–Kier alpha value is -1.42. The number of carboxylic acids is 1. The number of unbranched alkanes of at least 4 members (excludes halogenated alkanes) is 5. The summed E-state index contributed by atoms with van der Waals surface area (Å²) in [4.78, 5) is 21.9. The van der Waals surface area contributed by atoms with Gasteiger partial charge in [0.2, 0.25) is 0 Å². The predicted molar refractivity (Wildman–Crippen MR) is 88.8 cm³/mol. The molecule has 0 saturated carbocycles. The summed E-state index contributed by atoms with van der Waals surface area (Å²) in [6.45, 7) is 2.04. The number of aliphatic hydroxyl groups is 1. The zero-order valence-corrected chi connectivity index (χ0v) is 13.7. The van der Waals surface area contributed by atoms with E-state index < -0.39 is 12.1 Å². The fraction of sp³-hybridized carbons (Fsp3) is 0.667. The third-order valence-corrected chi connectivity index (χ3v) is 3.37. The van der Waals surface area contributed by atoms with E-state index in [0.29, 0.717) is 12.8 Å². The van der Waals surface area contributed by atoms with Crippen LogP contribution in [0.15, 0.2) is 24.3 Å². The largest absolute Gasteiger partial charge is 0.481 e. The molecule has 0 radical (unpaired) electrons. The maximum Gasteiger partial charge on any atom is 0.303 e. The minimum Gasteiger partial charge on any atom is -0.481 e. The molecule has 0 amide bonds. The van der Waals surface area contributed by atoms with Gasteiger partial charge in [0.15, 0.2) is 5.78 Å². The van der Waals surface area contributed by atoms with Crippen molar-refractivity contribution in [1.82, 2.24) is 0 Å². The molecule has 0 saturated heterocycles. The Morgan fingerprint density at radius 1 is 0.909 bits per heavy atom. The van der Waals surface area contributed by atoms with Crippen LogP contribution in [0.2, 0.25) is 0 Å². The summed E-state index contributed by atoms with van der Waals surface area (Å²) < 4.78 is 0. The van der Waals surface area contributed by atoms with Crippen LogP contribution in [0.25, 0.3) is 0 Å². The van der Waals surface area contributed by atoms with Gasteiger partial charge in [0.25, 0.3) is 0 Å². The van der Waals surface area contributed by atoms with E-state index in [4.69, 9.17) is 5.11 Å². The van der Waals surface area contributed by atoms with Crippen molar-refractivity contribution in [2.45, 2.75) is 77.2 Å². The molecule has 0 fully saturated rings. The number of allylic oxidation sites excluding steroid dienone is 3. The molecule has 0 bridgehead atoms. The Bertz CT molecular complexity index is 358. The second-order valence-electron chi connectivity index (χ2n) is 5.46. The third kappa shape index (κ3) is 13.6. The number of carbonyl (C=O) groups is 2. The third-order valence-electron chi connectivity index (χ3n) is 3.37. The van der Waals surface area contributed by atoms with E-state index in [1.807, 2.05) is 25.2 Å². The predicted octanol–water partition coefficient (Wildman–Crippen LogP) is 4.03. The zero-order chi connectivity index (χ0) is 16.6. The number of carbonyl (C=O) groups excluding carboxylic acids is 1. The van der Waals surface area contributed by atoms with Crippen LogP contribution >= 0.6 is 0 Å². The van der Waals surface area contributed by atoms with E-state index in [1.54, 1.807) is 6.08 Å². The number of hydrogen-bond acceptors (Lipinski definition) is 3. The van der Waals surface area contributed by atoms with Crippen LogP contribution in [-0.4, -0.2) is 28.1 Å². The summed E-state index contributed by atoms with van der Waals surface area (Å²) in [6.07, 6.45) is 14.4. The van der Waals surface area contributed by atoms with Crippen LogP contribution in [-0.2, 0) is 9.59 Å². The van der Waals surface area contributed by atoms with Gasteiger partial charge in [0, 0.05) is 12.8 Å². The molecule has 2 N–H and O–H groups in total. The Kier molecular flexibility index (Phi) is 13.6. The highest BCUT2D eigenvalue weighted by atomic mass is 16.4. The number of carboxylic acid groups (broad SMARTS) is 1. The van der Waals surface area contributed by atoms with Crippen molar-refractivity contribution in [3.05, 3.63) is 24.3 Å². The number of hydrogen-bond donors (Lipinski definition) is 2. The van der Waals surface area contributed by atoms with Gasteiger partial charge in [-0.25, -0.2) is 0 Å². The number of Topliss-reactive ketones (excluding diaryl/α,β-unsaturated/α-hetero) is 1. The van der Waals surface area contributed by atoms with Crippen LogP contribution in [0.3, 0.4) is 0 Å². The molecule has 1 atom stereocenters. The molecule has 0 aliphatic heterocycles. The lowest BCUT2D eigenvalue weighted by molar-refractivity contribution is -0.137. The maximum atomic E-state index is 11.6. The molecule has 0 aliphatic rings. The van der Waals surface area contributed by atoms with Crippen molar-refractivity contribution in [2.24, 2.45) is 0 Å². The molecule has 4 nitrogen and oxygen atoms in total. The summed E-state index contributed by atoms with van der Waals surface area (Å²) in [6, 6.07) is 0. The van der Waals surface area contributed by atoms with Gasteiger partial charge < -0.3 is 10.2 Å². The SMILES string of the molecule is CCC=CCCC(=O)C(O)C=CCCCCCCCC(=O)O. The number of aliphatic carboxylic acids is 1. The van der Waals surface area contributed by atoms with Gasteiger partial charge in [-0.15, -0.1) is 0 Å². The smallest absolute Gasteiger partial charge is 0.303 e. The summed E-state index contributed by atoms with van der Waals surface area (Å²) in [5.41, 5.74) is 0. The van der Waals surface area contributed by atoms with Crippen molar-refractivity contribution in [1.29, 1.82) is 0 Å². The van der Waals surface area contributed by atoms with E-state index >= 15 is 0 Å². The van der Waals surface area contributed by atoms with Gasteiger partial charge in [0.05, 0.1) is 0 Å². The van der Waals surface area contributed by atoms with Crippen LogP contribution in [0.4, 0.5) is 0 Å². The van der Waals surface area contributed by atoms with E-state index in [9.17, 15) is 14.7 Å². The van der Waals surface area contributed by atoms with Gasteiger partial charge >= 0.3 is 5.97 Å². The summed E-state index contributed by atoms with van der Waals surface area (Å²) in [7, 11) is 0. The van der Waals surface area contributed by atoms with Crippen molar-refractivity contribution in [3.8, 4) is 0 Å². The zero-order valence-electron chi connectivity index (χ0n) is 13.7. The molecular weight excluding hydrogens is 280 g/mol. The lowest BCUT2D eigenvalue weighted by Gasteiger charge is -2.03. The van der Waals surface area contributed by atoms with Gasteiger partial charge in [-0.3, -0.25) is 9.59 Å². The number of aliphatic hydroxyl groups excluding tert-OH is 1. The van der Waals surface area contributed by atoms with Crippen molar-refractivity contribution >= 4 is 11.8 Å². The minimum atomic E-state index is -0.981. The second kappa shape index (κ2) is 14.5. The maximum absolute atomic E-state index is 11.6. The first-order valence-corrected chi connectivity index (χ1v) is 8.32. The van der Waals surface area contributed by atoms with E-state index in [-0.39, 0.29) is 12.2 Å². The minimum absolute atomic E-state index is 0.134. The molecule has 0 rings (SSSR count). The molecule has 0 aromatic heterocycles. The summed E-state index contributed by atoms with van der Waals surface area (Å²) in [5.74, 6) is -0.863. The monoisotopic (exact) mass is 310 g/mol. The van der Waals surface area contributed by atoms with Gasteiger partial charge in [-0.2, -0.15) is 0 Å². The highest BCUT2D eigenvalue weighted by Gasteiger charge is 2.09. The Balaban J connectivity index is 3.56. The standard InChI is InChI=1S/C18H30O4/c1-2-3-4-10-13-16(19)17(20)14-11-8-6-5-7-9-12-15-18(21)22/h3-4,11,14,17,20H,2,5-10,12-13,15H2,1H3,(H,21,22). The molecular formula is C18H30O4. The molecule has 4 heteroatoms. The molecule has 0 aromatic carbocycles. The summed E-state index contributed by atoms with van der Waals surface area (Å²) in [5, 5.41) is 18.2. The van der Waals surface area contributed by atoms with Crippen LogP contribution in [0, 0.1) is 0 Å². The first kappa shape index (κ1) is 20.6. The van der Waals surface area contributed by atoms with Crippen LogP contribution < -0.4 is 0 Å². The first-order valence-electron chi connectivity index (χ1n) is 8.32. The molecule has 0 spiro atoms. The Labute approximate surface area is 133 Å². The van der Waals surface area contributed by atoms with Gasteiger partial charge in [-0.1, -0.05) is 50.5 Å². The Morgan fingerprint density at radius 2 is 1.59 bits per heavy atom. The quantitative estimate of drug-likeness (QED) is 0.375. The number of ketones is 1. The lowest BCUT2D eigenvalue weighted by Crippen LogP contribution is -2.16. The van der Waals surface area contributed by atoms with E-state index in [0.717, 1.165) is 44.9 Å². The second-order valence-corrected chi connectivity index (χ2v) is 5.46. The topological polar surface area (TPSA) is 74.6 Å². The molecule has 0 aromatic rings. The summed E-state index contributed by atoms with van der Waals surface area (Å²) >= 11 is 0. The highest BCUT2D eigenvalue weighted by molar-refractivity contribution is 5.84. The van der Waals surface area contributed by atoms with Crippen molar-refractivity contribution in [2.75, 3.05) is 0 Å². The van der Waals surface area contributed by atoms with E-state index in [2.05, 4.69) is 0 Å². The van der Waals surface area contributed by atoms with Crippen molar-refractivity contribution in [3.63, 3.8) is 0 Å². The highest BCUT2D eigenvalue weighted by Crippen LogP contribution is 2.08. The lowest BCUT2D eigenvalue weighted by atomic mass is 10.1. The molecule has 0 heterocycles. The average Bonchev–Trinajstić information content (AvgIpc) is 2.49. The van der Waals surface area contributed by atoms with Crippen LogP contribution in [0.1, 0.15) is 71.1 Å².